The zero-order valence-electron chi connectivity index (χ0n) is 10.9. The topological polar surface area (TPSA) is 91.3 Å². The van der Waals surface area contributed by atoms with Crippen LogP contribution < -0.4 is 0 Å². The van der Waals surface area contributed by atoms with E-state index in [4.69, 9.17) is 4.74 Å². The third-order valence-electron chi connectivity index (χ3n) is 4.08. The number of nitrogens with zero attached hydrogens (tertiary/aromatic N) is 3. The average Bonchev–Trinajstić information content (AvgIpc) is 3.02. The largest absolute Gasteiger partial charge is 0.396 e. The van der Waals surface area contributed by atoms with E-state index < -0.39 is 0 Å². The molecule has 7 nitrogen and oxygen atoms in total. The summed E-state index contributed by atoms with van der Waals surface area (Å²) in [5.41, 5.74) is 0.998. The van der Waals surface area contributed by atoms with Gasteiger partial charge in [-0.3, -0.25) is 4.79 Å². The maximum atomic E-state index is 12.5. The summed E-state index contributed by atoms with van der Waals surface area (Å²) in [4.78, 5) is 14.3. The summed E-state index contributed by atoms with van der Waals surface area (Å²) in [6, 6.07) is 0.0505. The number of aromatic nitrogens is 3. The summed E-state index contributed by atoms with van der Waals surface area (Å²) in [5, 5.41) is 19.6. The maximum Gasteiger partial charge on any atom is 0.276 e. The smallest absolute Gasteiger partial charge is 0.276 e. The Bertz CT molecular complexity index is 475. The van der Waals surface area contributed by atoms with E-state index >= 15 is 0 Å². The molecule has 2 N–H and O–H groups in total. The number of carbonyl (C=O) groups excluding carboxylic acids is 1. The highest BCUT2D eigenvalue weighted by Crippen LogP contribution is 2.34. The number of carbonyl (C=O) groups is 1. The van der Waals surface area contributed by atoms with Crippen molar-refractivity contribution in [1.29, 1.82) is 0 Å². The minimum Gasteiger partial charge on any atom is -0.396 e. The molecule has 2 aliphatic rings. The molecular weight excluding hydrogens is 248 g/mol. The zero-order chi connectivity index (χ0) is 13.4. The molecule has 7 heteroatoms. The lowest BCUT2D eigenvalue weighted by molar-refractivity contribution is -0.0451. The zero-order valence-corrected chi connectivity index (χ0v) is 10.9. The molecule has 1 aliphatic carbocycles. The fraction of sp³-hybridized carbons (Fsp3) is 0.750. The molecule has 0 spiro atoms. The SMILES string of the molecule is Cc1n[nH]nc1C(=O)N1CCOC2C[C@H](CO)C[C@@H]21. The van der Waals surface area contributed by atoms with Gasteiger partial charge >= 0.3 is 0 Å². The highest BCUT2D eigenvalue weighted by molar-refractivity contribution is 5.93. The second-order valence-electron chi connectivity index (χ2n) is 5.25. The number of morpholine rings is 1. The highest BCUT2D eigenvalue weighted by atomic mass is 16.5. The van der Waals surface area contributed by atoms with E-state index in [0.29, 0.717) is 24.5 Å². The lowest BCUT2D eigenvalue weighted by Gasteiger charge is -2.37. The van der Waals surface area contributed by atoms with Crippen LogP contribution in [0.2, 0.25) is 0 Å². The van der Waals surface area contributed by atoms with Crippen molar-refractivity contribution in [2.24, 2.45) is 5.92 Å². The number of ether oxygens (including phenoxy) is 1. The molecule has 3 atom stereocenters. The number of fused-ring (bicyclic) bond motifs is 1. The Kier molecular flexibility index (Phi) is 3.24. The van der Waals surface area contributed by atoms with E-state index in [1.54, 1.807) is 6.92 Å². The van der Waals surface area contributed by atoms with Gasteiger partial charge in [0.2, 0.25) is 0 Å². The summed E-state index contributed by atoms with van der Waals surface area (Å²) < 4.78 is 5.71. The lowest BCUT2D eigenvalue weighted by atomic mass is 10.1. The predicted molar refractivity (Wildman–Crippen MR) is 65.5 cm³/mol. The molecule has 1 unspecified atom stereocenters. The first-order valence-electron chi connectivity index (χ1n) is 6.61. The van der Waals surface area contributed by atoms with Crippen molar-refractivity contribution < 1.29 is 14.6 Å². The van der Waals surface area contributed by atoms with E-state index in [-0.39, 0.29) is 30.6 Å². The van der Waals surface area contributed by atoms with Crippen molar-refractivity contribution in [3.05, 3.63) is 11.4 Å². The molecule has 1 saturated heterocycles. The van der Waals surface area contributed by atoms with Crippen LogP contribution >= 0.6 is 0 Å². The monoisotopic (exact) mass is 266 g/mol. The molecule has 2 fully saturated rings. The Morgan fingerprint density at radius 2 is 2.37 bits per heavy atom. The second kappa shape index (κ2) is 4.90. The molecule has 1 aromatic rings. The summed E-state index contributed by atoms with van der Waals surface area (Å²) in [6.45, 7) is 3.04. The van der Waals surface area contributed by atoms with Crippen LogP contribution in [0.1, 0.15) is 29.0 Å². The van der Waals surface area contributed by atoms with Gasteiger partial charge in [0.05, 0.1) is 24.4 Å². The van der Waals surface area contributed by atoms with E-state index in [2.05, 4.69) is 15.4 Å². The molecule has 3 rings (SSSR count). The third kappa shape index (κ3) is 2.12. The Balaban J connectivity index is 1.80. The molecule has 1 aromatic heterocycles. The van der Waals surface area contributed by atoms with Crippen molar-refractivity contribution >= 4 is 5.91 Å². The van der Waals surface area contributed by atoms with Crippen molar-refractivity contribution in [2.45, 2.75) is 31.9 Å². The van der Waals surface area contributed by atoms with Gasteiger partial charge in [-0.2, -0.15) is 15.4 Å². The Morgan fingerprint density at radius 3 is 3.05 bits per heavy atom. The van der Waals surface area contributed by atoms with E-state index in [9.17, 15) is 9.90 Å². The third-order valence-corrected chi connectivity index (χ3v) is 4.08. The van der Waals surface area contributed by atoms with Gasteiger partial charge < -0.3 is 14.7 Å². The van der Waals surface area contributed by atoms with Gasteiger partial charge in [-0.05, 0) is 25.7 Å². The van der Waals surface area contributed by atoms with Crippen molar-refractivity contribution in [2.75, 3.05) is 19.8 Å². The van der Waals surface area contributed by atoms with E-state index in [1.807, 2.05) is 4.90 Å². The Labute approximate surface area is 110 Å². The van der Waals surface area contributed by atoms with Crippen molar-refractivity contribution in [3.63, 3.8) is 0 Å². The first-order valence-corrected chi connectivity index (χ1v) is 6.61. The van der Waals surface area contributed by atoms with Crippen LogP contribution in [0.3, 0.4) is 0 Å². The molecule has 1 aliphatic heterocycles. The number of rotatable bonds is 2. The maximum absolute atomic E-state index is 12.5. The number of amides is 1. The van der Waals surface area contributed by atoms with Gasteiger partial charge in [0, 0.05) is 13.2 Å². The number of aromatic amines is 1. The number of nitrogens with one attached hydrogen (secondary N) is 1. The molecule has 104 valence electrons. The summed E-state index contributed by atoms with van der Waals surface area (Å²) in [6.07, 6.45) is 1.66. The highest BCUT2D eigenvalue weighted by Gasteiger charge is 2.43. The summed E-state index contributed by atoms with van der Waals surface area (Å²) in [5.74, 6) is 0.130. The fourth-order valence-electron chi connectivity index (χ4n) is 3.07. The number of H-pyrrole nitrogens is 1. The van der Waals surface area contributed by atoms with Gasteiger partial charge in [0.1, 0.15) is 0 Å². The Morgan fingerprint density at radius 1 is 1.53 bits per heavy atom. The summed E-state index contributed by atoms with van der Waals surface area (Å²) in [7, 11) is 0. The molecule has 19 heavy (non-hydrogen) atoms. The van der Waals surface area contributed by atoms with Crippen LogP contribution in [0.5, 0.6) is 0 Å². The second-order valence-corrected chi connectivity index (χ2v) is 5.25. The van der Waals surface area contributed by atoms with Crippen LogP contribution in [-0.4, -0.2) is 63.2 Å². The lowest BCUT2D eigenvalue weighted by Crippen LogP contribution is -2.51. The van der Waals surface area contributed by atoms with Gasteiger partial charge in [-0.15, -0.1) is 0 Å². The van der Waals surface area contributed by atoms with Crippen LogP contribution in [0.15, 0.2) is 0 Å². The standard InChI is InChI=1S/C12H18N4O3/c1-7-11(14-15-13-7)12(18)16-2-3-19-10-5-8(6-17)4-9(10)16/h8-10,17H,2-6H2,1H3,(H,13,14,15)/t8-,9+,10?/m1/s1. The predicted octanol–water partition coefficient (Wildman–Crippen LogP) is -0.275. The molecule has 0 bridgehead atoms. The van der Waals surface area contributed by atoms with Gasteiger partial charge in [-0.25, -0.2) is 0 Å². The number of hydrogen-bond donors (Lipinski definition) is 2. The van der Waals surface area contributed by atoms with Crippen LogP contribution in [0.25, 0.3) is 0 Å². The number of hydrogen-bond acceptors (Lipinski definition) is 5. The molecule has 2 heterocycles. The van der Waals surface area contributed by atoms with E-state index in [1.165, 1.54) is 0 Å². The normalized spacial score (nSPS) is 30.4. The van der Waals surface area contributed by atoms with Gasteiger partial charge in [0.25, 0.3) is 5.91 Å². The first-order chi connectivity index (χ1) is 9.20. The van der Waals surface area contributed by atoms with Crippen molar-refractivity contribution in [1.82, 2.24) is 20.3 Å². The Hall–Kier alpha value is -1.47. The molecule has 0 radical (unpaired) electrons. The molecular formula is C12H18N4O3. The number of aliphatic hydroxyl groups excluding tert-OH is 1. The van der Waals surface area contributed by atoms with Crippen molar-refractivity contribution in [3.8, 4) is 0 Å². The van der Waals surface area contributed by atoms with Crippen LogP contribution in [0, 0.1) is 12.8 Å². The minimum atomic E-state index is -0.0943. The van der Waals surface area contributed by atoms with Crippen LogP contribution in [-0.2, 0) is 4.74 Å². The first kappa shape index (κ1) is 12.6. The fourth-order valence-corrected chi connectivity index (χ4v) is 3.07. The molecule has 0 aromatic carbocycles. The summed E-state index contributed by atoms with van der Waals surface area (Å²) >= 11 is 0. The quantitative estimate of drug-likeness (QED) is 0.768. The number of aliphatic hydroxyl groups is 1. The van der Waals surface area contributed by atoms with E-state index in [0.717, 1.165) is 12.8 Å². The van der Waals surface area contributed by atoms with Crippen LogP contribution in [0.4, 0.5) is 0 Å². The molecule has 1 amide bonds. The molecule has 1 saturated carbocycles. The number of aryl methyl sites for hydroxylation is 1. The van der Waals surface area contributed by atoms with Gasteiger partial charge in [0.15, 0.2) is 5.69 Å². The average molecular weight is 266 g/mol. The minimum absolute atomic E-state index is 0.0436. The van der Waals surface area contributed by atoms with Gasteiger partial charge in [-0.1, -0.05) is 0 Å².